The first-order chi connectivity index (χ1) is 14.5. The predicted molar refractivity (Wildman–Crippen MR) is 123 cm³/mol. The summed E-state index contributed by atoms with van der Waals surface area (Å²) in [5.74, 6) is 0.667. The quantitative estimate of drug-likeness (QED) is 0.540. The van der Waals surface area contributed by atoms with Crippen molar-refractivity contribution in [3.8, 4) is 0 Å². The van der Waals surface area contributed by atoms with Crippen molar-refractivity contribution >= 4 is 11.6 Å². The van der Waals surface area contributed by atoms with Crippen LogP contribution in [0.25, 0.3) is 0 Å². The van der Waals surface area contributed by atoms with E-state index in [0.29, 0.717) is 24.7 Å². The van der Waals surface area contributed by atoms with Crippen LogP contribution >= 0.6 is 0 Å². The number of hydrogen-bond acceptors (Lipinski definition) is 3. The van der Waals surface area contributed by atoms with Gasteiger partial charge < -0.3 is 20.4 Å². The number of nitrogens with zero attached hydrogens (tertiary/aromatic N) is 3. The summed E-state index contributed by atoms with van der Waals surface area (Å²) in [7, 11) is 3.89. The number of guanidine groups is 1. The number of aliphatic imine (C=N–C) groups is 1. The summed E-state index contributed by atoms with van der Waals surface area (Å²) in [5.41, 5.74) is 3.02. The average molecular weight is 412 g/mol. The van der Waals surface area contributed by atoms with Gasteiger partial charge in [-0.1, -0.05) is 24.3 Å². The Morgan fingerprint density at radius 1 is 1.13 bits per heavy atom. The van der Waals surface area contributed by atoms with Crippen LogP contribution in [0.15, 0.2) is 53.5 Å². The summed E-state index contributed by atoms with van der Waals surface area (Å²) < 4.78 is 14.0. The number of nitrogens with one attached hydrogen (secondary N) is 2. The van der Waals surface area contributed by atoms with E-state index in [9.17, 15) is 4.39 Å². The van der Waals surface area contributed by atoms with E-state index in [-0.39, 0.29) is 5.82 Å². The second kappa shape index (κ2) is 11.0. The van der Waals surface area contributed by atoms with Gasteiger partial charge in [-0.2, -0.15) is 0 Å². The molecular formula is C24H34FN5. The molecule has 0 radical (unpaired) electrons. The lowest BCUT2D eigenvalue weighted by Crippen LogP contribution is -2.48. The molecule has 2 aromatic carbocycles. The number of piperidine rings is 1. The van der Waals surface area contributed by atoms with Crippen molar-refractivity contribution in [2.45, 2.75) is 38.9 Å². The maximum absolute atomic E-state index is 14.0. The zero-order valence-electron chi connectivity index (χ0n) is 18.4. The van der Waals surface area contributed by atoms with Gasteiger partial charge in [0, 0.05) is 43.5 Å². The molecule has 1 aliphatic heterocycles. The van der Waals surface area contributed by atoms with Crippen LogP contribution in [0.5, 0.6) is 0 Å². The molecule has 162 valence electrons. The van der Waals surface area contributed by atoms with Crippen LogP contribution in [0.4, 0.5) is 10.1 Å². The van der Waals surface area contributed by atoms with E-state index in [1.54, 1.807) is 6.07 Å². The molecule has 6 heteroatoms. The molecule has 1 saturated heterocycles. The van der Waals surface area contributed by atoms with E-state index in [1.165, 1.54) is 5.69 Å². The highest BCUT2D eigenvalue weighted by atomic mass is 19.1. The van der Waals surface area contributed by atoms with Crippen LogP contribution in [-0.4, -0.2) is 50.6 Å². The van der Waals surface area contributed by atoms with E-state index in [4.69, 9.17) is 4.99 Å². The Morgan fingerprint density at radius 3 is 2.53 bits per heavy atom. The molecule has 0 aromatic heterocycles. The number of hydrogen-bond donors (Lipinski definition) is 2. The van der Waals surface area contributed by atoms with Crippen molar-refractivity contribution in [2.75, 3.05) is 38.6 Å². The molecule has 1 aliphatic rings. The van der Waals surface area contributed by atoms with E-state index in [2.05, 4.69) is 52.8 Å². The smallest absolute Gasteiger partial charge is 0.191 e. The van der Waals surface area contributed by atoms with Crippen molar-refractivity contribution < 1.29 is 4.39 Å². The van der Waals surface area contributed by atoms with Crippen LogP contribution in [0, 0.1) is 5.82 Å². The lowest BCUT2D eigenvalue weighted by atomic mass is 10.0. The molecule has 30 heavy (non-hydrogen) atoms. The van der Waals surface area contributed by atoms with Crippen molar-refractivity contribution in [1.29, 1.82) is 0 Å². The zero-order valence-corrected chi connectivity index (χ0v) is 18.4. The predicted octanol–water partition coefficient (Wildman–Crippen LogP) is 3.61. The first-order valence-electron chi connectivity index (χ1n) is 10.8. The van der Waals surface area contributed by atoms with E-state index in [0.717, 1.165) is 44.0 Å². The zero-order chi connectivity index (χ0) is 21.3. The third-order valence-corrected chi connectivity index (χ3v) is 5.32. The molecule has 2 N–H and O–H groups in total. The molecule has 5 nitrogen and oxygen atoms in total. The molecule has 0 spiro atoms. The molecule has 0 unspecified atom stereocenters. The summed E-state index contributed by atoms with van der Waals surface area (Å²) in [4.78, 5) is 9.16. The maximum atomic E-state index is 14.0. The van der Waals surface area contributed by atoms with Gasteiger partial charge in [0.25, 0.3) is 0 Å². The third-order valence-electron chi connectivity index (χ3n) is 5.32. The SMILES string of the molecule is CCNC(=NCc1ccc(F)c(CN(C)C)c1)NC1CCN(c2ccccc2)CC1. The molecule has 0 bridgehead atoms. The average Bonchev–Trinajstić information content (AvgIpc) is 2.75. The van der Waals surface area contributed by atoms with E-state index >= 15 is 0 Å². The second-order valence-electron chi connectivity index (χ2n) is 8.10. The highest BCUT2D eigenvalue weighted by Gasteiger charge is 2.20. The van der Waals surface area contributed by atoms with Crippen LogP contribution in [-0.2, 0) is 13.1 Å². The highest BCUT2D eigenvalue weighted by Crippen LogP contribution is 2.19. The number of rotatable bonds is 7. The Labute approximate surface area is 180 Å². The summed E-state index contributed by atoms with van der Waals surface area (Å²) in [6.07, 6.45) is 2.14. The lowest BCUT2D eigenvalue weighted by Gasteiger charge is -2.34. The fraction of sp³-hybridized carbons (Fsp3) is 0.458. The lowest BCUT2D eigenvalue weighted by molar-refractivity contribution is 0.392. The van der Waals surface area contributed by atoms with Gasteiger partial charge in [-0.15, -0.1) is 0 Å². The molecule has 1 heterocycles. The Balaban J connectivity index is 1.57. The van der Waals surface area contributed by atoms with Crippen LogP contribution in [0.3, 0.4) is 0 Å². The summed E-state index contributed by atoms with van der Waals surface area (Å²) in [6.45, 7) is 6.06. The van der Waals surface area contributed by atoms with Crippen LogP contribution in [0.1, 0.15) is 30.9 Å². The molecule has 0 saturated carbocycles. The third kappa shape index (κ3) is 6.46. The normalized spacial score (nSPS) is 15.5. The summed E-state index contributed by atoms with van der Waals surface area (Å²) in [5, 5.41) is 6.93. The fourth-order valence-electron chi connectivity index (χ4n) is 3.79. The summed E-state index contributed by atoms with van der Waals surface area (Å²) >= 11 is 0. The Kier molecular flexibility index (Phi) is 8.08. The Morgan fingerprint density at radius 2 is 1.87 bits per heavy atom. The van der Waals surface area contributed by atoms with Gasteiger partial charge in [0.05, 0.1) is 6.54 Å². The Hall–Kier alpha value is -2.60. The fourth-order valence-corrected chi connectivity index (χ4v) is 3.79. The van der Waals surface area contributed by atoms with E-state index < -0.39 is 0 Å². The van der Waals surface area contributed by atoms with Gasteiger partial charge in [0.1, 0.15) is 5.82 Å². The number of anilines is 1. The number of benzene rings is 2. The molecule has 0 atom stereocenters. The maximum Gasteiger partial charge on any atom is 0.191 e. The monoisotopic (exact) mass is 411 g/mol. The second-order valence-corrected chi connectivity index (χ2v) is 8.10. The minimum atomic E-state index is -0.161. The standard InChI is InChI=1S/C24H34FN5/c1-4-26-24(27-17-19-10-11-23(25)20(16-19)18-29(2)3)28-21-12-14-30(15-13-21)22-8-6-5-7-9-22/h5-11,16,21H,4,12-15,17-18H2,1-3H3,(H2,26,27,28). The van der Waals surface area contributed by atoms with Gasteiger partial charge in [0.2, 0.25) is 0 Å². The number of para-hydroxylation sites is 1. The molecule has 3 rings (SSSR count). The highest BCUT2D eigenvalue weighted by molar-refractivity contribution is 5.80. The molecule has 0 aliphatic carbocycles. The largest absolute Gasteiger partial charge is 0.371 e. The number of halogens is 1. The van der Waals surface area contributed by atoms with Crippen molar-refractivity contribution in [3.05, 3.63) is 65.5 Å². The van der Waals surface area contributed by atoms with Crippen LogP contribution in [0.2, 0.25) is 0 Å². The molecule has 2 aromatic rings. The molecular weight excluding hydrogens is 377 g/mol. The molecule has 1 fully saturated rings. The van der Waals surface area contributed by atoms with E-state index in [1.807, 2.05) is 31.1 Å². The van der Waals surface area contributed by atoms with Gasteiger partial charge in [-0.3, -0.25) is 0 Å². The van der Waals surface area contributed by atoms with Gasteiger partial charge >= 0.3 is 0 Å². The van der Waals surface area contributed by atoms with Gasteiger partial charge in [-0.05, 0) is 63.7 Å². The molecule has 0 amide bonds. The van der Waals surface area contributed by atoms with Crippen molar-refractivity contribution in [1.82, 2.24) is 15.5 Å². The first kappa shape index (κ1) is 22.1. The van der Waals surface area contributed by atoms with Crippen molar-refractivity contribution in [3.63, 3.8) is 0 Å². The van der Waals surface area contributed by atoms with Crippen LogP contribution < -0.4 is 15.5 Å². The summed E-state index contributed by atoms with van der Waals surface area (Å²) in [6, 6.07) is 16.3. The van der Waals surface area contributed by atoms with Gasteiger partial charge in [0.15, 0.2) is 5.96 Å². The minimum absolute atomic E-state index is 0.161. The first-order valence-corrected chi connectivity index (χ1v) is 10.8. The topological polar surface area (TPSA) is 42.9 Å². The minimum Gasteiger partial charge on any atom is -0.371 e. The van der Waals surface area contributed by atoms with Crippen molar-refractivity contribution in [2.24, 2.45) is 4.99 Å². The Bertz CT molecular complexity index is 814. The van der Waals surface area contributed by atoms with Gasteiger partial charge in [-0.25, -0.2) is 9.38 Å².